The van der Waals surface area contributed by atoms with Gasteiger partial charge in [-0.15, -0.1) is 0 Å². The molecule has 2 fully saturated rings. The fourth-order valence-corrected chi connectivity index (χ4v) is 4.08. The largest absolute Gasteiger partial charge is 0.322 e. The molecule has 0 aliphatic heterocycles. The molecule has 152 valence electrons. The van der Waals surface area contributed by atoms with E-state index in [4.69, 9.17) is 0 Å². The Hall–Kier alpha value is -2.91. The molecule has 2 N–H and O–H groups in total. The summed E-state index contributed by atoms with van der Waals surface area (Å²) in [7, 11) is 0. The molecule has 3 heteroatoms. The zero-order valence-corrected chi connectivity index (χ0v) is 17.2. The highest BCUT2D eigenvalue weighted by Gasteiger charge is 2.39. The maximum atomic E-state index is 12.8. The molecule has 0 radical (unpaired) electrons. The predicted molar refractivity (Wildman–Crippen MR) is 122 cm³/mol. The highest BCUT2D eigenvalue weighted by Crippen LogP contribution is 2.41. The number of hydrogen-bond donors (Lipinski definition) is 2. The van der Waals surface area contributed by atoms with Crippen LogP contribution in [0.15, 0.2) is 78.9 Å². The Morgan fingerprint density at radius 2 is 1.63 bits per heavy atom. The number of anilines is 1. The van der Waals surface area contributed by atoms with Crippen molar-refractivity contribution in [3.8, 4) is 0 Å². The summed E-state index contributed by atoms with van der Waals surface area (Å²) in [5.41, 5.74) is 5.36. The van der Waals surface area contributed by atoms with Gasteiger partial charge in [-0.3, -0.25) is 4.79 Å². The first-order valence-corrected chi connectivity index (χ1v) is 11.0. The summed E-state index contributed by atoms with van der Waals surface area (Å²) in [6.07, 6.45) is 4.84. The van der Waals surface area contributed by atoms with Gasteiger partial charge in [0.05, 0.1) is 0 Å². The van der Waals surface area contributed by atoms with Crippen molar-refractivity contribution in [1.82, 2.24) is 5.32 Å². The number of carbonyl (C=O) groups is 1. The van der Waals surface area contributed by atoms with Gasteiger partial charge in [0, 0.05) is 23.2 Å². The van der Waals surface area contributed by atoms with Crippen molar-refractivity contribution in [3.63, 3.8) is 0 Å². The summed E-state index contributed by atoms with van der Waals surface area (Å²) < 4.78 is 0. The molecule has 5 rings (SSSR count). The third-order valence-corrected chi connectivity index (χ3v) is 6.20. The maximum Gasteiger partial charge on any atom is 0.255 e. The maximum absolute atomic E-state index is 12.8. The average molecular weight is 397 g/mol. The van der Waals surface area contributed by atoms with Crippen LogP contribution in [0.5, 0.6) is 0 Å². The van der Waals surface area contributed by atoms with Crippen LogP contribution >= 0.6 is 0 Å². The smallest absolute Gasteiger partial charge is 0.255 e. The van der Waals surface area contributed by atoms with Crippen LogP contribution in [0.1, 0.15) is 52.2 Å². The number of carbonyl (C=O) groups excluding carboxylic acids is 1. The van der Waals surface area contributed by atoms with Gasteiger partial charge in [0.25, 0.3) is 5.91 Å². The van der Waals surface area contributed by atoms with Crippen molar-refractivity contribution < 1.29 is 4.79 Å². The topological polar surface area (TPSA) is 41.1 Å². The quantitative estimate of drug-likeness (QED) is 0.536. The molecule has 0 saturated heterocycles. The first kappa shape index (κ1) is 19.1. The Labute approximate surface area is 178 Å². The van der Waals surface area contributed by atoms with Crippen LogP contribution in [0, 0.1) is 5.92 Å². The summed E-state index contributed by atoms with van der Waals surface area (Å²) in [6.45, 7) is 1.15. The van der Waals surface area contributed by atoms with Gasteiger partial charge < -0.3 is 10.6 Å². The van der Waals surface area contributed by atoms with Gasteiger partial charge in [-0.05, 0) is 79.1 Å². The average Bonchev–Trinajstić information content (AvgIpc) is 3.69. The molecule has 0 spiro atoms. The molecule has 2 aliphatic carbocycles. The van der Waals surface area contributed by atoms with E-state index in [0.29, 0.717) is 12.0 Å². The van der Waals surface area contributed by atoms with Crippen molar-refractivity contribution in [2.24, 2.45) is 5.92 Å². The van der Waals surface area contributed by atoms with Crippen LogP contribution < -0.4 is 10.6 Å². The molecule has 0 aromatic heterocycles. The Morgan fingerprint density at radius 1 is 0.867 bits per heavy atom. The van der Waals surface area contributed by atoms with Gasteiger partial charge in [0.1, 0.15) is 0 Å². The highest BCUT2D eigenvalue weighted by atomic mass is 16.1. The molecule has 2 atom stereocenters. The third-order valence-electron chi connectivity index (χ3n) is 6.20. The van der Waals surface area contributed by atoms with E-state index in [1.54, 1.807) is 0 Å². The molecule has 0 heterocycles. The lowest BCUT2D eigenvalue weighted by Gasteiger charge is -2.09. The second kappa shape index (κ2) is 8.45. The molecule has 3 aromatic rings. The molecule has 2 saturated carbocycles. The van der Waals surface area contributed by atoms with Crippen LogP contribution in [0.4, 0.5) is 5.69 Å². The van der Waals surface area contributed by atoms with Gasteiger partial charge in [0.15, 0.2) is 0 Å². The standard InChI is InChI=1S/C27H28N2O/c30-27(29-24-13-11-20(12-14-24)15-19-5-2-1-3-6-19)23-8-4-7-22(16-23)25-17-26(25)28-18-21-9-10-21/h1-8,11-14,16,21,25-26,28H,9-10,15,17-18H2,(H,29,30)/t25-,26+/m0/s1. The van der Waals surface area contributed by atoms with Crippen LogP contribution in [-0.2, 0) is 6.42 Å². The minimum Gasteiger partial charge on any atom is -0.322 e. The minimum atomic E-state index is -0.0456. The van der Waals surface area contributed by atoms with Gasteiger partial charge in [-0.25, -0.2) is 0 Å². The number of benzene rings is 3. The molecule has 1 amide bonds. The van der Waals surface area contributed by atoms with Crippen LogP contribution in [0.25, 0.3) is 0 Å². The fourth-order valence-electron chi connectivity index (χ4n) is 4.08. The monoisotopic (exact) mass is 396 g/mol. The highest BCUT2D eigenvalue weighted by molar-refractivity contribution is 6.04. The van der Waals surface area contributed by atoms with E-state index in [-0.39, 0.29) is 5.91 Å². The van der Waals surface area contributed by atoms with Gasteiger partial charge in [-0.1, -0.05) is 54.6 Å². The molecule has 0 bridgehead atoms. The van der Waals surface area contributed by atoms with Crippen LogP contribution in [0.3, 0.4) is 0 Å². The molecular formula is C27H28N2O. The summed E-state index contributed by atoms with van der Waals surface area (Å²) >= 11 is 0. The second-order valence-electron chi connectivity index (χ2n) is 8.74. The molecular weight excluding hydrogens is 368 g/mol. The van der Waals surface area contributed by atoms with E-state index >= 15 is 0 Å². The number of nitrogens with one attached hydrogen (secondary N) is 2. The zero-order chi connectivity index (χ0) is 20.3. The van der Waals surface area contributed by atoms with E-state index in [1.165, 1.54) is 36.0 Å². The minimum absolute atomic E-state index is 0.0456. The van der Waals surface area contributed by atoms with E-state index in [9.17, 15) is 4.79 Å². The summed E-state index contributed by atoms with van der Waals surface area (Å²) in [5.74, 6) is 1.41. The molecule has 2 aliphatic rings. The molecule has 3 aromatic carbocycles. The second-order valence-corrected chi connectivity index (χ2v) is 8.74. The number of hydrogen-bond acceptors (Lipinski definition) is 2. The number of amides is 1. The van der Waals surface area contributed by atoms with Gasteiger partial charge in [0.2, 0.25) is 0 Å². The van der Waals surface area contributed by atoms with E-state index in [0.717, 1.165) is 30.1 Å². The van der Waals surface area contributed by atoms with E-state index in [1.807, 2.05) is 30.3 Å². The van der Waals surface area contributed by atoms with Crippen molar-refractivity contribution in [1.29, 1.82) is 0 Å². The first-order valence-electron chi connectivity index (χ1n) is 11.0. The summed E-state index contributed by atoms with van der Waals surface area (Å²) in [5, 5.41) is 6.72. The zero-order valence-electron chi connectivity index (χ0n) is 17.2. The molecule has 30 heavy (non-hydrogen) atoms. The predicted octanol–water partition coefficient (Wildman–Crippen LogP) is 5.39. The molecule has 0 unspecified atom stereocenters. The third kappa shape index (κ3) is 4.80. The summed E-state index contributed by atoms with van der Waals surface area (Å²) in [4.78, 5) is 12.8. The lowest BCUT2D eigenvalue weighted by molar-refractivity contribution is 0.102. The lowest BCUT2D eigenvalue weighted by Crippen LogP contribution is -2.20. The SMILES string of the molecule is O=C(Nc1ccc(Cc2ccccc2)cc1)c1cccc([C@@H]2C[C@H]2NCC2CC2)c1. The molecule has 3 nitrogen and oxygen atoms in total. The van der Waals surface area contributed by atoms with Gasteiger partial charge in [-0.2, -0.15) is 0 Å². The summed E-state index contributed by atoms with van der Waals surface area (Å²) in [6, 6.07) is 27.3. The van der Waals surface area contributed by atoms with Crippen LogP contribution in [-0.4, -0.2) is 18.5 Å². The van der Waals surface area contributed by atoms with Crippen LogP contribution in [0.2, 0.25) is 0 Å². The number of rotatable bonds is 8. The van der Waals surface area contributed by atoms with Crippen molar-refractivity contribution >= 4 is 11.6 Å². The Balaban J connectivity index is 1.18. The Kier molecular flexibility index (Phi) is 5.37. The van der Waals surface area contributed by atoms with Crippen molar-refractivity contribution in [2.75, 3.05) is 11.9 Å². The Bertz CT molecular complexity index is 1010. The fraction of sp³-hybridized carbons (Fsp3) is 0.296. The van der Waals surface area contributed by atoms with Gasteiger partial charge >= 0.3 is 0 Å². The lowest BCUT2D eigenvalue weighted by atomic mass is 10.0. The first-order chi connectivity index (χ1) is 14.7. The van der Waals surface area contributed by atoms with E-state index in [2.05, 4.69) is 59.2 Å². The van der Waals surface area contributed by atoms with Crippen molar-refractivity contribution in [3.05, 3.63) is 101 Å². The van der Waals surface area contributed by atoms with Crippen molar-refractivity contribution in [2.45, 2.75) is 37.6 Å². The Morgan fingerprint density at radius 3 is 2.40 bits per heavy atom. The van der Waals surface area contributed by atoms with E-state index < -0.39 is 0 Å². The normalized spacial score (nSPS) is 20.0.